The van der Waals surface area contributed by atoms with E-state index in [0.717, 1.165) is 51.6 Å². The fourth-order valence-electron chi connectivity index (χ4n) is 3.05. The average molecular weight is 324 g/mol. The number of imidazole rings is 1. The lowest BCUT2D eigenvalue weighted by molar-refractivity contribution is 0.769. The lowest BCUT2D eigenvalue weighted by atomic mass is 9.96. The van der Waals surface area contributed by atoms with Crippen LogP contribution in [0.4, 0.5) is 0 Å². The molecule has 5 heteroatoms. The van der Waals surface area contributed by atoms with Crippen molar-refractivity contribution in [3.63, 3.8) is 0 Å². The number of aryl methyl sites for hydroxylation is 4. The summed E-state index contributed by atoms with van der Waals surface area (Å²) in [5.74, 6) is 0. The third kappa shape index (κ3) is 2.75. The van der Waals surface area contributed by atoms with Crippen LogP contribution in [0.15, 0.2) is 12.1 Å². The molecule has 3 rings (SSSR count). The van der Waals surface area contributed by atoms with Crippen LogP contribution in [0, 0.1) is 32.1 Å². The number of hydrogen-bond acceptors (Lipinski definition) is 4. The maximum absolute atomic E-state index is 9.64. The van der Waals surface area contributed by atoms with E-state index in [9.17, 15) is 5.26 Å². The van der Waals surface area contributed by atoms with Crippen LogP contribution in [0.5, 0.6) is 0 Å². The molecule has 0 bridgehead atoms. The summed E-state index contributed by atoms with van der Waals surface area (Å²) in [5.41, 5.74) is 5.87. The Kier molecular flexibility index (Phi) is 4.18. The molecule has 0 saturated heterocycles. The van der Waals surface area contributed by atoms with Gasteiger partial charge in [-0.2, -0.15) is 14.9 Å². The van der Waals surface area contributed by atoms with Gasteiger partial charge in [-0.05, 0) is 38.3 Å². The summed E-state index contributed by atoms with van der Waals surface area (Å²) in [6, 6.07) is 6.57. The monoisotopic (exact) mass is 324 g/mol. The van der Waals surface area contributed by atoms with Gasteiger partial charge < -0.3 is 0 Å². The molecule has 118 valence electrons. The number of hydrogen-bond donors (Lipinski definition) is 0. The van der Waals surface area contributed by atoms with Crippen LogP contribution in [0.2, 0.25) is 0 Å². The molecular weight excluding hydrogens is 304 g/mol. The van der Waals surface area contributed by atoms with E-state index < -0.39 is 0 Å². The van der Waals surface area contributed by atoms with Crippen molar-refractivity contribution < 1.29 is 0 Å². The number of benzene rings is 1. The number of nitriles is 1. The first-order chi connectivity index (χ1) is 11.0. The normalized spacial score (nSPS) is 11.1. The van der Waals surface area contributed by atoms with Crippen molar-refractivity contribution in [2.24, 2.45) is 0 Å². The predicted molar refractivity (Wildman–Crippen MR) is 93.8 cm³/mol. The fourth-order valence-corrected chi connectivity index (χ4v) is 3.98. The molecule has 0 amide bonds. The van der Waals surface area contributed by atoms with Crippen LogP contribution < -0.4 is 0 Å². The van der Waals surface area contributed by atoms with Gasteiger partial charge in [-0.1, -0.05) is 42.4 Å². The Balaban J connectivity index is 2.16. The van der Waals surface area contributed by atoms with Crippen LogP contribution in [0.3, 0.4) is 0 Å². The molecule has 0 radical (unpaired) electrons. The van der Waals surface area contributed by atoms with Crippen molar-refractivity contribution in [2.45, 2.75) is 47.0 Å². The first kappa shape index (κ1) is 15.7. The smallest absolute Gasteiger partial charge is 0.214 e. The molecule has 0 saturated carbocycles. The molecule has 0 unspecified atom stereocenters. The van der Waals surface area contributed by atoms with Gasteiger partial charge in [0.05, 0.1) is 0 Å². The Labute approximate surface area is 140 Å². The molecule has 0 aliphatic heterocycles. The zero-order valence-corrected chi connectivity index (χ0v) is 14.8. The van der Waals surface area contributed by atoms with E-state index >= 15 is 0 Å². The standard InChI is InChI=1S/C18H20N4S/c1-5-6-7-15-21-22-14(10-19)17(20-18(22)23-15)16-12(3)8-11(2)9-13(16)4/h8-9H,5-7H2,1-4H3. The Hall–Kier alpha value is -2.19. The SMILES string of the molecule is CCCCc1nn2c(C#N)c(-c3c(C)cc(C)cc3C)nc2s1. The van der Waals surface area contributed by atoms with E-state index in [4.69, 9.17) is 4.98 Å². The van der Waals surface area contributed by atoms with Crippen molar-refractivity contribution >= 4 is 16.3 Å². The first-order valence-electron chi connectivity index (χ1n) is 7.92. The summed E-state index contributed by atoms with van der Waals surface area (Å²) in [4.78, 5) is 5.54. The molecule has 0 fully saturated rings. The summed E-state index contributed by atoms with van der Waals surface area (Å²) in [6.07, 6.45) is 3.20. The minimum Gasteiger partial charge on any atom is -0.216 e. The van der Waals surface area contributed by atoms with E-state index in [-0.39, 0.29) is 0 Å². The van der Waals surface area contributed by atoms with Gasteiger partial charge in [0, 0.05) is 12.0 Å². The van der Waals surface area contributed by atoms with Gasteiger partial charge >= 0.3 is 0 Å². The van der Waals surface area contributed by atoms with E-state index in [1.165, 1.54) is 5.56 Å². The predicted octanol–water partition coefficient (Wildman–Crippen LogP) is 4.60. The number of aromatic nitrogens is 3. The Morgan fingerprint density at radius 2 is 1.91 bits per heavy atom. The van der Waals surface area contributed by atoms with Crippen LogP contribution in [0.25, 0.3) is 16.2 Å². The highest BCUT2D eigenvalue weighted by atomic mass is 32.1. The highest BCUT2D eigenvalue weighted by molar-refractivity contribution is 7.16. The molecule has 0 aliphatic carbocycles. The van der Waals surface area contributed by atoms with Gasteiger partial charge in [-0.25, -0.2) is 4.98 Å². The van der Waals surface area contributed by atoms with E-state index in [0.29, 0.717) is 5.69 Å². The summed E-state index contributed by atoms with van der Waals surface area (Å²) < 4.78 is 1.71. The van der Waals surface area contributed by atoms with Gasteiger partial charge in [0.2, 0.25) is 4.96 Å². The molecule has 0 spiro atoms. The van der Waals surface area contributed by atoms with Gasteiger partial charge in [0.1, 0.15) is 16.8 Å². The molecular formula is C18H20N4S. The number of fused-ring (bicyclic) bond motifs is 1. The van der Waals surface area contributed by atoms with Gasteiger partial charge in [0.25, 0.3) is 0 Å². The quantitative estimate of drug-likeness (QED) is 0.705. The summed E-state index contributed by atoms with van der Waals surface area (Å²) in [7, 11) is 0. The van der Waals surface area contributed by atoms with Crippen molar-refractivity contribution in [1.29, 1.82) is 5.26 Å². The second-order valence-electron chi connectivity index (χ2n) is 5.99. The largest absolute Gasteiger partial charge is 0.216 e. The summed E-state index contributed by atoms with van der Waals surface area (Å²) >= 11 is 1.59. The maximum atomic E-state index is 9.64. The van der Waals surface area contributed by atoms with Crippen molar-refractivity contribution in [1.82, 2.24) is 14.6 Å². The third-order valence-corrected chi connectivity index (χ3v) is 4.98. The maximum Gasteiger partial charge on any atom is 0.214 e. The van der Waals surface area contributed by atoms with Crippen LogP contribution in [0.1, 0.15) is 47.2 Å². The topological polar surface area (TPSA) is 54.0 Å². The molecule has 2 heterocycles. The Morgan fingerprint density at radius 1 is 1.22 bits per heavy atom. The highest BCUT2D eigenvalue weighted by Gasteiger charge is 2.20. The second kappa shape index (κ2) is 6.13. The minimum atomic E-state index is 0.536. The van der Waals surface area contributed by atoms with Crippen LogP contribution in [-0.4, -0.2) is 14.6 Å². The fraction of sp³-hybridized carbons (Fsp3) is 0.389. The van der Waals surface area contributed by atoms with Gasteiger partial charge in [0.15, 0.2) is 5.69 Å². The molecule has 1 aromatic carbocycles. The Morgan fingerprint density at radius 3 is 2.52 bits per heavy atom. The number of nitrogens with zero attached hydrogens (tertiary/aromatic N) is 4. The molecule has 0 aliphatic rings. The molecule has 23 heavy (non-hydrogen) atoms. The molecule has 0 N–H and O–H groups in total. The van der Waals surface area contributed by atoms with Gasteiger partial charge in [-0.15, -0.1) is 0 Å². The Bertz CT molecular complexity index is 888. The summed E-state index contributed by atoms with van der Waals surface area (Å²) in [6.45, 7) is 8.40. The molecule has 4 nitrogen and oxygen atoms in total. The lowest BCUT2D eigenvalue weighted by Gasteiger charge is -2.09. The second-order valence-corrected chi connectivity index (χ2v) is 7.03. The summed E-state index contributed by atoms with van der Waals surface area (Å²) in [5, 5.41) is 15.3. The molecule has 0 atom stereocenters. The molecule has 3 aromatic rings. The van der Waals surface area contributed by atoms with E-state index in [2.05, 4.69) is 51.0 Å². The zero-order valence-electron chi connectivity index (χ0n) is 14.0. The number of rotatable bonds is 4. The van der Waals surface area contributed by atoms with Crippen LogP contribution >= 0.6 is 11.3 Å². The van der Waals surface area contributed by atoms with Crippen LogP contribution in [-0.2, 0) is 6.42 Å². The first-order valence-corrected chi connectivity index (χ1v) is 8.73. The van der Waals surface area contributed by atoms with Crippen molar-refractivity contribution in [3.05, 3.63) is 39.5 Å². The average Bonchev–Trinajstić information content (AvgIpc) is 3.01. The van der Waals surface area contributed by atoms with Crippen molar-refractivity contribution in [2.75, 3.05) is 0 Å². The van der Waals surface area contributed by atoms with Crippen molar-refractivity contribution in [3.8, 4) is 17.3 Å². The lowest BCUT2D eigenvalue weighted by Crippen LogP contribution is -1.96. The number of unbranched alkanes of at least 4 members (excludes halogenated alkanes) is 1. The highest BCUT2D eigenvalue weighted by Crippen LogP contribution is 2.32. The van der Waals surface area contributed by atoms with E-state index in [1.54, 1.807) is 15.9 Å². The third-order valence-electron chi connectivity index (χ3n) is 4.01. The van der Waals surface area contributed by atoms with E-state index in [1.807, 2.05) is 0 Å². The zero-order chi connectivity index (χ0) is 16.6. The van der Waals surface area contributed by atoms with Gasteiger partial charge in [-0.3, -0.25) is 0 Å². The molecule has 2 aromatic heterocycles. The minimum absolute atomic E-state index is 0.536.